The van der Waals surface area contributed by atoms with Crippen molar-refractivity contribution >= 4 is 46.8 Å². The van der Waals surface area contributed by atoms with Gasteiger partial charge in [-0.15, -0.1) is 26.9 Å². The number of ketones is 2. The van der Waals surface area contributed by atoms with Crippen molar-refractivity contribution in [1.82, 2.24) is 45.0 Å². The zero-order chi connectivity index (χ0) is 43.9. The number of aromatic nitrogens is 9. The van der Waals surface area contributed by atoms with E-state index >= 15 is 0 Å². The molecule has 57 heavy (non-hydrogen) atoms. The van der Waals surface area contributed by atoms with Crippen molar-refractivity contribution in [3.63, 3.8) is 0 Å². The molecule has 0 bridgehead atoms. The number of nitrogens with zero attached hydrogens (tertiary/aromatic N) is 11. The van der Waals surface area contributed by atoms with Crippen molar-refractivity contribution in [2.75, 3.05) is 70.1 Å². The van der Waals surface area contributed by atoms with Crippen molar-refractivity contribution in [3.05, 3.63) is 39.7 Å². The zero-order valence-corrected chi connectivity index (χ0v) is 34.5. The van der Waals surface area contributed by atoms with E-state index in [1.807, 2.05) is 7.05 Å². The highest BCUT2D eigenvalue weighted by atomic mass is 35.5. The first-order valence-electron chi connectivity index (χ1n) is 15.9. The Bertz CT molecular complexity index is 1670. The Morgan fingerprint density at radius 3 is 1.56 bits per heavy atom. The monoisotopic (exact) mass is 835 g/mol. The van der Waals surface area contributed by atoms with Crippen LogP contribution in [0.1, 0.15) is 45.4 Å². The van der Waals surface area contributed by atoms with E-state index in [1.54, 1.807) is 37.7 Å². The molecule has 0 unspecified atom stereocenters. The lowest BCUT2D eigenvalue weighted by molar-refractivity contribution is -0.144. The summed E-state index contributed by atoms with van der Waals surface area (Å²) < 4.78 is 41.3. The largest absolute Gasteiger partial charge is 0.469 e. The summed E-state index contributed by atoms with van der Waals surface area (Å²) in [7, 11) is 16.3. The second-order valence-electron chi connectivity index (χ2n) is 10.3. The first kappa shape index (κ1) is 53.7. The number of carbonyl (C=O) groups excluding carboxylic acids is 5. The van der Waals surface area contributed by atoms with Crippen LogP contribution in [0.2, 0.25) is 0 Å². The zero-order valence-electron chi connectivity index (χ0n) is 33.7. The van der Waals surface area contributed by atoms with Crippen molar-refractivity contribution in [2.24, 2.45) is 21.1 Å². The summed E-state index contributed by atoms with van der Waals surface area (Å²) in [6.07, 6.45) is -0.204. The maximum Gasteiger partial charge on any atom is 0.443 e. The molecule has 26 heteroatoms. The standard InChI is InChI=1S/C7H11N3O3.C6H10ClN3O.C6H11N3O2.C6H8N2O4.C6H10O4/c1-10-5(4-12-2)6(8-9-10)7(11)13-3;1-10-6(4-11-2)5(3-7)8-9-10;1-9-6(4-11-2)5(3-10)7-8-9;1-11-3-4(9)5(8-7)6(10)12-2;1-9-4-5(7)3-6(8)10-2/h4H2,1-3H3;3-4H2,1-2H3;10H,3-4H2,1-2H3;3H2,1-2H3;3-4H2,1-2H3. The number of ether oxygens (including phenoxy) is 8. The molecule has 0 atom stereocenters. The minimum atomic E-state index is -0.987. The number of alkyl halides is 1. The molecule has 0 aliphatic rings. The minimum absolute atomic E-state index is 0.0326. The van der Waals surface area contributed by atoms with Gasteiger partial charge >= 0.3 is 23.6 Å². The average Bonchev–Trinajstić information content (AvgIpc) is 3.87. The van der Waals surface area contributed by atoms with Gasteiger partial charge in [0.15, 0.2) is 11.5 Å². The number of halogens is 1. The van der Waals surface area contributed by atoms with Gasteiger partial charge in [-0.25, -0.2) is 23.6 Å². The molecule has 0 saturated carbocycles. The van der Waals surface area contributed by atoms with Gasteiger partial charge < -0.3 is 48.5 Å². The number of carbonyl (C=O) groups is 5. The topological polar surface area (TPSA) is 308 Å². The summed E-state index contributed by atoms with van der Waals surface area (Å²) >= 11 is 5.61. The predicted octanol–water partition coefficient (Wildman–Crippen LogP) is -1.29. The van der Waals surface area contributed by atoms with Crippen LogP contribution in [0.3, 0.4) is 0 Å². The fraction of sp³-hybridized carbons (Fsp3) is 0.613. The highest BCUT2D eigenvalue weighted by Gasteiger charge is 2.29. The second-order valence-corrected chi connectivity index (χ2v) is 10.6. The summed E-state index contributed by atoms with van der Waals surface area (Å²) in [6.45, 7) is 0.773. The van der Waals surface area contributed by atoms with Crippen molar-refractivity contribution in [2.45, 2.75) is 38.7 Å². The molecule has 0 aliphatic carbocycles. The van der Waals surface area contributed by atoms with Crippen LogP contribution in [0.5, 0.6) is 0 Å². The highest BCUT2D eigenvalue weighted by molar-refractivity contribution is 6.62. The molecule has 1 N–H and O–H groups in total. The van der Waals surface area contributed by atoms with Gasteiger partial charge in [-0.05, 0) is 0 Å². The third kappa shape index (κ3) is 20.4. The van der Waals surface area contributed by atoms with Gasteiger partial charge in [0, 0.05) is 56.7 Å². The number of esters is 3. The fourth-order valence-corrected chi connectivity index (χ4v) is 3.78. The number of hydrogen-bond acceptors (Lipinski definition) is 20. The molecule has 0 aromatic carbocycles. The first-order chi connectivity index (χ1) is 27.2. The number of aryl methyl sites for hydroxylation is 3. The summed E-state index contributed by atoms with van der Waals surface area (Å²) in [4.78, 5) is 56.1. The van der Waals surface area contributed by atoms with E-state index in [1.165, 1.54) is 40.2 Å². The Labute approximate surface area is 332 Å². The SMILES string of the molecule is COCC(=O)C(=[N+]=[N-])C(=O)OC.COCC(=O)CC(=O)OC.COCc1c(C(=O)OC)nnn1C.COCc1c(CCl)nnn1C.COCc1c(CO)nnn1C. The van der Waals surface area contributed by atoms with E-state index in [-0.39, 0.29) is 44.3 Å². The summed E-state index contributed by atoms with van der Waals surface area (Å²) in [5.74, 6) is -2.63. The number of methoxy groups -OCH3 is 8. The molecule has 25 nitrogen and oxygen atoms in total. The fourth-order valence-electron chi connectivity index (χ4n) is 3.57. The lowest BCUT2D eigenvalue weighted by atomic mass is 10.2. The average molecular weight is 836 g/mol. The quantitative estimate of drug-likeness (QED) is 0.0315. The molecule has 3 aromatic heterocycles. The summed E-state index contributed by atoms with van der Waals surface area (Å²) in [6, 6.07) is 0. The van der Waals surface area contributed by atoms with Gasteiger partial charge in [0.1, 0.15) is 31.0 Å². The van der Waals surface area contributed by atoms with Crippen LogP contribution >= 0.6 is 11.6 Å². The molecular formula is C31H50ClN11O14. The van der Waals surface area contributed by atoms with E-state index < -0.39 is 29.4 Å². The van der Waals surface area contributed by atoms with Crippen LogP contribution in [0, 0.1) is 0 Å². The molecule has 0 saturated heterocycles. The summed E-state index contributed by atoms with van der Waals surface area (Å²) in [5, 5.41) is 31.3. The van der Waals surface area contributed by atoms with E-state index in [0.717, 1.165) is 24.2 Å². The minimum Gasteiger partial charge on any atom is -0.469 e. The Morgan fingerprint density at radius 1 is 0.667 bits per heavy atom. The molecule has 0 aliphatic heterocycles. The van der Waals surface area contributed by atoms with Crippen LogP contribution in [0.15, 0.2) is 0 Å². The van der Waals surface area contributed by atoms with Crippen molar-refractivity contribution in [3.8, 4) is 0 Å². The Morgan fingerprint density at radius 2 is 1.14 bits per heavy atom. The number of hydrogen-bond donors (Lipinski definition) is 1. The van der Waals surface area contributed by atoms with Gasteiger partial charge in [0.2, 0.25) is 0 Å². The van der Waals surface area contributed by atoms with Gasteiger partial charge in [0.25, 0.3) is 5.78 Å². The molecule has 0 amide bonds. The van der Waals surface area contributed by atoms with Gasteiger partial charge in [-0.2, -0.15) is 4.79 Å². The Kier molecular flexibility index (Phi) is 29.9. The van der Waals surface area contributed by atoms with Gasteiger partial charge in [-0.3, -0.25) is 14.4 Å². The molecule has 0 radical (unpaired) electrons. The molecule has 0 spiro atoms. The number of aliphatic hydroxyl groups excluding tert-OH is 1. The van der Waals surface area contributed by atoms with Gasteiger partial charge in [-0.1, -0.05) is 15.6 Å². The first-order valence-corrected chi connectivity index (χ1v) is 16.4. The predicted molar refractivity (Wildman–Crippen MR) is 193 cm³/mol. The van der Waals surface area contributed by atoms with Crippen LogP contribution in [-0.4, -0.2) is 160 Å². The van der Waals surface area contributed by atoms with E-state index in [2.05, 4.69) is 59.4 Å². The van der Waals surface area contributed by atoms with E-state index in [0.29, 0.717) is 30.5 Å². The Balaban J connectivity index is 0. The number of Topliss-reactive ketones (excluding diaryl/α,β-unsaturated/α-hetero) is 2. The van der Waals surface area contributed by atoms with Crippen LogP contribution in [0.25, 0.3) is 5.53 Å². The van der Waals surface area contributed by atoms with Crippen molar-refractivity contribution in [1.29, 1.82) is 0 Å². The number of aliphatic hydroxyl groups is 1. The Hall–Kier alpha value is -5.40. The summed E-state index contributed by atoms with van der Waals surface area (Å²) in [5.41, 5.74) is 11.5. The maximum absolute atomic E-state index is 11.1. The van der Waals surface area contributed by atoms with E-state index in [4.69, 9.17) is 36.4 Å². The molecule has 3 heterocycles. The number of rotatable bonds is 17. The molecule has 320 valence electrons. The van der Waals surface area contributed by atoms with Crippen molar-refractivity contribution < 1.29 is 71.8 Å². The lowest BCUT2D eigenvalue weighted by Gasteiger charge is -2.00. The van der Waals surface area contributed by atoms with Crippen LogP contribution in [-0.2, 0) is 111 Å². The molecule has 0 fully saturated rings. The van der Waals surface area contributed by atoms with Crippen LogP contribution in [0.4, 0.5) is 0 Å². The van der Waals surface area contributed by atoms with Gasteiger partial charge in [0.05, 0.1) is 70.7 Å². The lowest BCUT2D eigenvalue weighted by Crippen LogP contribution is -2.29. The van der Waals surface area contributed by atoms with E-state index in [9.17, 15) is 24.0 Å². The smallest absolute Gasteiger partial charge is 0.443 e. The highest BCUT2D eigenvalue weighted by Crippen LogP contribution is 2.08. The third-order valence-electron chi connectivity index (χ3n) is 6.38. The molecule has 3 rings (SSSR count). The molecular weight excluding hydrogens is 786 g/mol. The molecule has 3 aromatic rings. The normalized spacial score (nSPS) is 9.70. The third-order valence-corrected chi connectivity index (χ3v) is 6.63. The maximum atomic E-state index is 11.1. The van der Waals surface area contributed by atoms with Crippen LogP contribution < -0.4 is 0 Å². The second kappa shape index (κ2) is 31.8.